The molecule has 1 amide bonds. The monoisotopic (exact) mass is 267 g/mol. The zero-order chi connectivity index (χ0) is 13.7. The normalized spacial score (nSPS) is 29.5. The maximum atomic E-state index is 12.3. The van der Waals surface area contributed by atoms with Crippen LogP contribution in [0.25, 0.3) is 0 Å². The van der Waals surface area contributed by atoms with Crippen molar-refractivity contribution in [3.05, 3.63) is 0 Å². The Morgan fingerprint density at radius 3 is 2.74 bits per heavy atom. The lowest BCUT2D eigenvalue weighted by Gasteiger charge is -2.36. The van der Waals surface area contributed by atoms with E-state index in [2.05, 4.69) is 16.7 Å². The minimum absolute atomic E-state index is 0.333. The molecule has 2 atom stereocenters. The van der Waals surface area contributed by atoms with Gasteiger partial charge < -0.3 is 10.6 Å². The minimum atomic E-state index is 0.333. The van der Waals surface area contributed by atoms with Crippen LogP contribution >= 0.6 is 0 Å². The van der Waals surface area contributed by atoms with E-state index >= 15 is 0 Å². The van der Waals surface area contributed by atoms with Gasteiger partial charge >= 0.3 is 0 Å². The minimum Gasteiger partial charge on any atom is -0.341 e. The Morgan fingerprint density at radius 1 is 1.21 bits per heavy atom. The van der Waals surface area contributed by atoms with Crippen LogP contribution in [0.15, 0.2) is 0 Å². The van der Waals surface area contributed by atoms with Crippen LogP contribution in [0, 0.1) is 11.8 Å². The standard InChI is InChI=1S/C15H29N3O/c1-13-4-2-9-18(10-13)15(19)12-17-8-3-5-14(11-17)6-7-16/h13-14H,2-12,16H2,1H3. The second kappa shape index (κ2) is 7.25. The molecule has 0 aromatic heterocycles. The fourth-order valence-electron chi connectivity index (χ4n) is 3.47. The van der Waals surface area contributed by atoms with Crippen LogP contribution in [-0.4, -0.2) is 55.0 Å². The lowest BCUT2D eigenvalue weighted by molar-refractivity contribution is -0.134. The summed E-state index contributed by atoms with van der Waals surface area (Å²) in [6.07, 6.45) is 6.04. The van der Waals surface area contributed by atoms with Crippen molar-refractivity contribution in [1.29, 1.82) is 0 Å². The van der Waals surface area contributed by atoms with Crippen molar-refractivity contribution >= 4 is 5.91 Å². The summed E-state index contributed by atoms with van der Waals surface area (Å²) >= 11 is 0. The molecule has 0 spiro atoms. The van der Waals surface area contributed by atoms with E-state index in [1.165, 1.54) is 25.7 Å². The molecule has 110 valence electrons. The third-order valence-electron chi connectivity index (χ3n) is 4.55. The van der Waals surface area contributed by atoms with Gasteiger partial charge in [0.15, 0.2) is 0 Å². The highest BCUT2D eigenvalue weighted by Gasteiger charge is 2.25. The van der Waals surface area contributed by atoms with E-state index in [0.29, 0.717) is 24.3 Å². The number of likely N-dealkylation sites (tertiary alicyclic amines) is 2. The van der Waals surface area contributed by atoms with Crippen LogP contribution < -0.4 is 5.73 Å². The van der Waals surface area contributed by atoms with Gasteiger partial charge in [-0.25, -0.2) is 0 Å². The molecule has 4 heteroatoms. The smallest absolute Gasteiger partial charge is 0.236 e. The van der Waals surface area contributed by atoms with E-state index in [-0.39, 0.29) is 0 Å². The average Bonchev–Trinajstić information content (AvgIpc) is 2.39. The summed E-state index contributed by atoms with van der Waals surface area (Å²) in [4.78, 5) is 16.7. The Balaban J connectivity index is 1.77. The number of hydrogen-bond donors (Lipinski definition) is 1. The summed E-state index contributed by atoms with van der Waals surface area (Å²) in [6, 6.07) is 0. The first-order valence-electron chi connectivity index (χ1n) is 7.89. The van der Waals surface area contributed by atoms with Crippen molar-refractivity contribution < 1.29 is 4.79 Å². The summed E-state index contributed by atoms with van der Waals surface area (Å²) < 4.78 is 0. The van der Waals surface area contributed by atoms with Gasteiger partial charge in [0.2, 0.25) is 5.91 Å². The van der Waals surface area contributed by atoms with Crippen molar-refractivity contribution in [3.63, 3.8) is 0 Å². The highest BCUT2D eigenvalue weighted by atomic mass is 16.2. The molecule has 2 saturated heterocycles. The summed E-state index contributed by atoms with van der Waals surface area (Å²) in [5, 5.41) is 0. The van der Waals surface area contributed by atoms with Crippen molar-refractivity contribution in [3.8, 4) is 0 Å². The number of hydrogen-bond acceptors (Lipinski definition) is 3. The lowest BCUT2D eigenvalue weighted by atomic mass is 9.95. The number of nitrogens with two attached hydrogens (primary N) is 1. The summed E-state index contributed by atoms with van der Waals surface area (Å²) in [6.45, 7) is 7.70. The third-order valence-corrected chi connectivity index (χ3v) is 4.55. The molecule has 2 rings (SSSR count). The van der Waals surface area contributed by atoms with E-state index in [1.54, 1.807) is 0 Å². The molecule has 2 heterocycles. The van der Waals surface area contributed by atoms with Crippen LogP contribution in [0.4, 0.5) is 0 Å². The largest absolute Gasteiger partial charge is 0.341 e. The molecule has 2 unspecified atom stereocenters. The van der Waals surface area contributed by atoms with Gasteiger partial charge in [0.1, 0.15) is 0 Å². The van der Waals surface area contributed by atoms with Crippen LogP contribution in [-0.2, 0) is 4.79 Å². The summed E-state index contributed by atoms with van der Waals surface area (Å²) in [5.41, 5.74) is 5.64. The highest BCUT2D eigenvalue weighted by molar-refractivity contribution is 5.78. The lowest BCUT2D eigenvalue weighted by Crippen LogP contribution is -2.47. The molecule has 0 aromatic carbocycles. The number of carbonyl (C=O) groups is 1. The van der Waals surface area contributed by atoms with Gasteiger partial charge in [0, 0.05) is 19.6 Å². The van der Waals surface area contributed by atoms with Crippen LogP contribution in [0.5, 0.6) is 0 Å². The van der Waals surface area contributed by atoms with Gasteiger partial charge in [0.25, 0.3) is 0 Å². The predicted octanol–water partition coefficient (Wildman–Crippen LogP) is 1.31. The molecule has 4 nitrogen and oxygen atoms in total. The van der Waals surface area contributed by atoms with E-state index in [1.807, 2.05) is 0 Å². The highest BCUT2D eigenvalue weighted by Crippen LogP contribution is 2.20. The molecule has 2 N–H and O–H groups in total. The Hall–Kier alpha value is -0.610. The first kappa shape index (κ1) is 14.8. The van der Waals surface area contributed by atoms with Gasteiger partial charge in [-0.2, -0.15) is 0 Å². The zero-order valence-corrected chi connectivity index (χ0v) is 12.3. The first-order chi connectivity index (χ1) is 9.19. The van der Waals surface area contributed by atoms with Crippen molar-refractivity contribution in [2.24, 2.45) is 17.6 Å². The topological polar surface area (TPSA) is 49.6 Å². The van der Waals surface area contributed by atoms with Gasteiger partial charge in [0.05, 0.1) is 6.54 Å². The van der Waals surface area contributed by atoms with E-state index in [9.17, 15) is 4.79 Å². The van der Waals surface area contributed by atoms with Gasteiger partial charge in [-0.1, -0.05) is 6.92 Å². The molecule has 2 aliphatic heterocycles. The maximum absolute atomic E-state index is 12.3. The Kier molecular flexibility index (Phi) is 5.64. The second-order valence-electron chi connectivity index (χ2n) is 6.41. The molecule has 2 aliphatic rings. The third kappa shape index (κ3) is 4.46. The van der Waals surface area contributed by atoms with Gasteiger partial charge in [-0.05, 0) is 57.0 Å². The molecule has 0 radical (unpaired) electrons. The molecule has 0 aromatic rings. The molecule has 2 fully saturated rings. The molecule has 0 aliphatic carbocycles. The molecular weight excluding hydrogens is 238 g/mol. The van der Waals surface area contributed by atoms with Crippen LogP contribution in [0.3, 0.4) is 0 Å². The number of carbonyl (C=O) groups excluding carboxylic acids is 1. The van der Waals surface area contributed by atoms with Crippen molar-refractivity contribution in [2.45, 2.75) is 39.0 Å². The quantitative estimate of drug-likeness (QED) is 0.835. The number of rotatable bonds is 4. The fourth-order valence-corrected chi connectivity index (χ4v) is 3.47. The maximum Gasteiger partial charge on any atom is 0.236 e. The van der Waals surface area contributed by atoms with E-state index in [4.69, 9.17) is 5.73 Å². The Bertz CT molecular complexity index is 293. The summed E-state index contributed by atoms with van der Waals surface area (Å²) in [5.74, 6) is 1.70. The van der Waals surface area contributed by atoms with Crippen molar-refractivity contribution in [2.75, 3.05) is 39.3 Å². The molecular formula is C15H29N3O. The second-order valence-corrected chi connectivity index (χ2v) is 6.41. The molecule has 0 saturated carbocycles. The predicted molar refractivity (Wildman–Crippen MR) is 77.8 cm³/mol. The van der Waals surface area contributed by atoms with E-state index in [0.717, 1.165) is 39.1 Å². The first-order valence-corrected chi connectivity index (χ1v) is 7.89. The Morgan fingerprint density at radius 2 is 2.00 bits per heavy atom. The van der Waals surface area contributed by atoms with Gasteiger partial charge in [-0.3, -0.25) is 9.69 Å². The number of amides is 1. The van der Waals surface area contributed by atoms with Crippen LogP contribution in [0.1, 0.15) is 39.0 Å². The van der Waals surface area contributed by atoms with Crippen molar-refractivity contribution in [1.82, 2.24) is 9.80 Å². The SMILES string of the molecule is CC1CCCN(C(=O)CN2CCCC(CCN)C2)C1. The molecule has 19 heavy (non-hydrogen) atoms. The number of piperidine rings is 2. The molecule has 0 bridgehead atoms. The van der Waals surface area contributed by atoms with Gasteiger partial charge in [-0.15, -0.1) is 0 Å². The fraction of sp³-hybridized carbons (Fsp3) is 0.933. The number of nitrogens with zero attached hydrogens (tertiary/aromatic N) is 2. The Labute approximate surface area is 117 Å². The zero-order valence-electron chi connectivity index (χ0n) is 12.3. The average molecular weight is 267 g/mol. The van der Waals surface area contributed by atoms with Crippen LogP contribution in [0.2, 0.25) is 0 Å². The van der Waals surface area contributed by atoms with E-state index < -0.39 is 0 Å². The summed E-state index contributed by atoms with van der Waals surface area (Å²) in [7, 11) is 0.